The number of imidazole rings is 2. The molecule has 3 aliphatic heterocycles. The number of nitrogens with one attached hydrogen (secondary N) is 4. The molecule has 3 fully saturated rings. The monoisotopic (exact) mass is 956 g/mol. The molecule has 15 nitrogen and oxygen atoms in total. The predicted molar refractivity (Wildman–Crippen MR) is 252 cm³/mol. The van der Waals surface area contributed by atoms with Gasteiger partial charge in [-0.2, -0.15) is 0 Å². The van der Waals surface area contributed by atoms with Gasteiger partial charge in [-0.25, -0.2) is 19.6 Å². The van der Waals surface area contributed by atoms with E-state index in [2.05, 4.69) is 104 Å². The van der Waals surface area contributed by atoms with Crippen LogP contribution in [0.3, 0.4) is 0 Å². The van der Waals surface area contributed by atoms with Crippen LogP contribution >= 0.6 is 15.9 Å². The Bertz CT molecular complexity index is 2720. The van der Waals surface area contributed by atoms with Gasteiger partial charge in [0.05, 0.1) is 50.1 Å². The summed E-state index contributed by atoms with van der Waals surface area (Å²) in [5.74, 6) is 0.955. The van der Waals surface area contributed by atoms with E-state index in [1.807, 2.05) is 47.6 Å². The van der Waals surface area contributed by atoms with Crippen LogP contribution in [-0.4, -0.2) is 105 Å². The number of likely N-dealkylation sites (tertiary alicyclic amines) is 2. The molecule has 5 atom stereocenters. The zero-order valence-corrected chi connectivity index (χ0v) is 38.7. The zero-order chi connectivity index (χ0) is 46.0. The fourth-order valence-electron chi connectivity index (χ4n) is 9.64. The number of alkyl carbamates (subject to hydrolysis) is 2. The Hall–Kier alpha value is -6.52. The first kappa shape index (κ1) is 44.7. The number of fused-ring (bicyclic) bond motifs is 1. The van der Waals surface area contributed by atoms with Crippen molar-refractivity contribution in [3.63, 3.8) is 0 Å². The molecule has 4 amide bonds. The molecule has 6 aromatic rings. The van der Waals surface area contributed by atoms with E-state index in [9.17, 15) is 19.2 Å². The number of methoxy groups -OCH3 is 2. The molecule has 16 heteroatoms. The van der Waals surface area contributed by atoms with Crippen LogP contribution in [0.5, 0.6) is 0 Å². The van der Waals surface area contributed by atoms with E-state index in [0.717, 1.165) is 57.3 Å². The van der Waals surface area contributed by atoms with Crippen LogP contribution in [0.1, 0.15) is 74.4 Å². The smallest absolute Gasteiger partial charge is 0.407 e. The molecule has 2 unspecified atom stereocenters. The normalized spacial score (nSPS) is 20.8. The summed E-state index contributed by atoms with van der Waals surface area (Å²) in [5.41, 5.74) is 6.45. The van der Waals surface area contributed by atoms with Gasteiger partial charge in [-0.15, -0.1) is 0 Å². The van der Waals surface area contributed by atoms with Crippen LogP contribution in [0.2, 0.25) is 0 Å². The summed E-state index contributed by atoms with van der Waals surface area (Å²) in [6.07, 6.45) is 5.87. The maximum Gasteiger partial charge on any atom is 0.407 e. The number of benzene rings is 4. The molecule has 2 aromatic heterocycles. The Labute approximate surface area is 391 Å². The second kappa shape index (κ2) is 19.1. The summed E-state index contributed by atoms with van der Waals surface area (Å²) in [7, 11) is 2.59. The van der Waals surface area contributed by atoms with E-state index < -0.39 is 24.3 Å². The van der Waals surface area contributed by atoms with Crippen LogP contribution in [0.15, 0.2) is 103 Å². The Morgan fingerprint density at radius 3 is 2.00 bits per heavy atom. The lowest BCUT2D eigenvalue weighted by atomic mass is 9.90. The standard InChI is InChI=1S/C50H53BrN8O7/c1-50(51)26-41(59(29-50)47(61)43(57-49(63)65-3)33-19-22-66-23-20-33)45-53-27-38(54-45)31-13-11-30(12-14-31)34-15-16-36-25-37(18-17-35(36)24-34)39-28-52-44(55-39)40-10-7-21-58(40)46(60)42(56-48(62)64-2)32-8-5-4-6-9-32/h4-6,8-9,11-18,24-25,27-28,33,40-43H,7,10,19-23,26,29H2,1-3H3,(H,52,55)(H,53,54)(H,56,62)(H,57,63)/t40-,41-,42?,43-,50?/m0/s1. The molecule has 9 rings (SSSR count). The molecule has 5 heterocycles. The van der Waals surface area contributed by atoms with E-state index >= 15 is 0 Å². The van der Waals surface area contributed by atoms with Crippen molar-refractivity contribution in [3.05, 3.63) is 121 Å². The third kappa shape index (κ3) is 9.43. The van der Waals surface area contributed by atoms with Crippen LogP contribution in [-0.2, 0) is 23.8 Å². The molecule has 0 aliphatic carbocycles. The first-order chi connectivity index (χ1) is 32.0. The average Bonchev–Trinajstić information content (AvgIpc) is 4.19. The Morgan fingerprint density at radius 2 is 1.32 bits per heavy atom. The molecule has 0 spiro atoms. The number of amides is 4. The molecule has 342 valence electrons. The summed E-state index contributed by atoms with van der Waals surface area (Å²) in [6.45, 7) is 4.16. The number of hydrogen-bond acceptors (Lipinski definition) is 9. The number of nitrogens with zero attached hydrogens (tertiary/aromatic N) is 4. The largest absolute Gasteiger partial charge is 0.453 e. The fraction of sp³-hybridized carbons (Fsp3) is 0.360. The SMILES string of the molecule is COC(=O)NC(C(=O)N1CCC[C@H]1c1ncc(-c2ccc3cc(-c4ccc(-c5cnc([C@@H]6CC(C)(Br)CN6C(=O)[C@@H](NC(=O)OC)C6CCOCC6)[nH]5)cc4)ccc3c2)[nH]1)c1ccccc1. The maximum absolute atomic E-state index is 14.3. The third-order valence-electron chi connectivity index (χ3n) is 13.1. The number of aromatic amines is 2. The van der Waals surface area contributed by atoms with Gasteiger partial charge in [-0.1, -0.05) is 94.8 Å². The van der Waals surface area contributed by atoms with Gasteiger partial charge in [-0.05, 0) is 90.1 Å². The van der Waals surface area contributed by atoms with E-state index in [-0.39, 0.29) is 34.1 Å². The van der Waals surface area contributed by atoms with Gasteiger partial charge in [0.1, 0.15) is 23.7 Å². The van der Waals surface area contributed by atoms with Crippen molar-refractivity contribution in [2.24, 2.45) is 5.92 Å². The molecule has 4 aromatic carbocycles. The van der Waals surface area contributed by atoms with Crippen molar-refractivity contribution in [2.75, 3.05) is 40.5 Å². The molecule has 3 saturated heterocycles. The minimum Gasteiger partial charge on any atom is -0.453 e. The Balaban J connectivity index is 0.882. The van der Waals surface area contributed by atoms with Crippen molar-refractivity contribution >= 4 is 50.7 Å². The van der Waals surface area contributed by atoms with E-state index in [4.69, 9.17) is 24.2 Å². The zero-order valence-electron chi connectivity index (χ0n) is 37.1. The number of hydrogen-bond donors (Lipinski definition) is 4. The highest BCUT2D eigenvalue weighted by atomic mass is 79.9. The van der Waals surface area contributed by atoms with Crippen molar-refractivity contribution in [2.45, 2.75) is 67.5 Å². The van der Waals surface area contributed by atoms with Gasteiger partial charge in [0, 0.05) is 36.2 Å². The van der Waals surface area contributed by atoms with Gasteiger partial charge in [-0.3, -0.25) is 9.59 Å². The second-order valence-electron chi connectivity index (χ2n) is 17.6. The van der Waals surface area contributed by atoms with Gasteiger partial charge in [0.25, 0.3) is 5.91 Å². The highest BCUT2D eigenvalue weighted by molar-refractivity contribution is 9.10. The second-order valence-corrected chi connectivity index (χ2v) is 19.5. The molecule has 4 N–H and O–H groups in total. The Morgan fingerprint density at radius 1 is 0.727 bits per heavy atom. The minimum absolute atomic E-state index is 0.0650. The van der Waals surface area contributed by atoms with Gasteiger partial charge in [0.15, 0.2) is 0 Å². The first-order valence-electron chi connectivity index (χ1n) is 22.3. The summed E-state index contributed by atoms with van der Waals surface area (Å²) in [5, 5.41) is 7.71. The van der Waals surface area contributed by atoms with Crippen molar-refractivity contribution in [1.82, 2.24) is 40.4 Å². The summed E-state index contributed by atoms with van der Waals surface area (Å²) < 4.78 is 15.0. The van der Waals surface area contributed by atoms with Crippen molar-refractivity contribution in [1.29, 1.82) is 0 Å². The highest BCUT2D eigenvalue weighted by Crippen LogP contribution is 2.43. The number of carbonyl (C=O) groups excluding carboxylic acids is 4. The summed E-state index contributed by atoms with van der Waals surface area (Å²) in [4.78, 5) is 73.1. The number of ether oxygens (including phenoxy) is 3. The summed E-state index contributed by atoms with van der Waals surface area (Å²) >= 11 is 3.85. The van der Waals surface area contributed by atoms with E-state index in [1.54, 1.807) is 4.90 Å². The minimum atomic E-state index is -0.886. The first-order valence-corrected chi connectivity index (χ1v) is 23.1. The van der Waals surface area contributed by atoms with Crippen LogP contribution in [0, 0.1) is 5.92 Å². The van der Waals surface area contributed by atoms with Crippen molar-refractivity contribution < 1.29 is 33.4 Å². The number of carbonyl (C=O) groups is 4. The average molecular weight is 958 g/mol. The molecule has 3 aliphatic rings. The summed E-state index contributed by atoms with van der Waals surface area (Å²) in [6, 6.07) is 28.0. The van der Waals surface area contributed by atoms with E-state index in [1.165, 1.54) is 14.2 Å². The van der Waals surface area contributed by atoms with Crippen molar-refractivity contribution in [3.8, 4) is 33.6 Å². The predicted octanol–water partition coefficient (Wildman–Crippen LogP) is 8.63. The number of aromatic nitrogens is 4. The number of rotatable bonds is 11. The van der Waals surface area contributed by atoms with Crippen LogP contribution in [0.4, 0.5) is 9.59 Å². The molecule has 0 saturated carbocycles. The van der Waals surface area contributed by atoms with Gasteiger partial charge < -0.3 is 44.6 Å². The number of H-pyrrole nitrogens is 2. The third-order valence-corrected chi connectivity index (χ3v) is 13.7. The molecule has 66 heavy (non-hydrogen) atoms. The maximum atomic E-state index is 14.3. The molecular weight excluding hydrogens is 905 g/mol. The van der Waals surface area contributed by atoms with Crippen LogP contribution < -0.4 is 10.6 Å². The molecule has 0 bridgehead atoms. The highest BCUT2D eigenvalue weighted by Gasteiger charge is 2.47. The fourth-order valence-corrected chi connectivity index (χ4v) is 10.2. The topological polar surface area (TPSA) is 184 Å². The lowest BCUT2D eigenvalue weighted by molar-refractivity contribution is -0.137. The van der Waals surface area contributed by atoms with Gasteiger partial charge >= 0.3 is 12.2 Å². The molecule has 0 radical (unpaired) electrons. The lowest BCUT2D eigenvalue weighted by Crippen LogP contribution is -2.53. The van der Waals surface area contributed by atoms with Gasteiger partial charge in [0.2, 0.25) is 5.91 Å². The van der Waals surface area contributed by atoms with E-state index in [0.29, 0.717) is 62.8 Å². The lowest BCUT2D eigenvalue weighted by Gasteiger charge is -2.34. The van der Waals surface area contributed by atoms with Crippen LogP contribution in [0.25, 0.3) is 44.4 Å². The molecular formula is C50H53BrN8O7. The Kier molecular flexibility index (Phi) is 13.0. The quantitative estimate of drug-likeness (QED) is 0.0924. The number of halogens is 1. The number of alkyl halides is 1.